The Hall–Kier alpha value is -1.18. The van der Waals surface area contributed by atoms with Gasteiger partial charge < -0.3 is 11.5 Å². The van der Waals surface area contributed by atoms with E-state index in [1.54, 1.807) is 12.2 Å². The molecule has 0 saturated heterocycles. The third-order valence-electron chi connectivity index (χ3n) is 1.18. The minimum absolute atomic E-state index is 0.784. The van der Waals surface area contributed by atoms with E-state index in [1.165, 1.54) is 0 Å². The van der Waals surface area contributed by atoms with Gasteiger partial charge in [0.15, 0.2) is 0 Å². The molecule has 0 atom stereocenters. The first kappa shape index (κ1) is 5.95. The lowest BCUT2D eigenvalue weighted by molar-refractivity contribution is 1.29. The summed E-state index contributed by atoms with van der Waals surface area (Å²) in [7, 11) is 0. The number of nitrogens with two attached hydrogens (primary N) is 2. The van der Waals surface area contributed by atoms with E-state index in [9.17, 15) is 0 Å². The van der Waals surface area contributed by atoms with Gasteiger partial charge >= 0.3 is 0 Å². The molecule has 0 saturated carbocycles. The van der Waals surface area contributed by atoms with Crippen LogP contribution in [0.2, 0.25) is 0 Å². The molecular weight excluding hydrogens is 112 g/mol. The number of hydrogen-bond acceptors (Lipinski definition) is 2. The molecule has 1 aliphatic rings. The zero-order chi connectivity index (χ0) is 6.69. The van der Waals surface area contributed by atoms with E-state index in [1.807, 2.05) is 12.2 Å². The van der Waals surface area contributed by atoms with E-state index in [4.69, 9.17) is 11.5 Å². The molecule has 0 aromatic rings. The van der Waals surface area contributed by atoms with Gasteiger partial charge in [-0.05, 0) is 18.6 Å². The minimum atomic E-state index is 0.784. The van der Waals surface area contributed by atoms with Crippen LogP contribution in [0.15, 0.2) is 35.7 Å². The van der Waals surface area contributed by atoms with Crippen LogP contribution in [0.3, 0.4) is 0 Å². The molecule has 0 aromatic carbocycles. The second kappa shape index (κ2) is 2.40. The SMILES string of the molecule is NC1=CCC=C(N)C=C1. The molecule has 1 rings (SSSR count). The van der Waals surface area contributed by atoms with Gasteiger partial charge in [-0.15, -0.1) is 0 Å². The highest BCUT2D eigenvalue weighted by atomic mass is 14.6. The Morgan fingerprint density at radius 2 is 1.44 bits per heavy atom. The zero-order valence-corrected chi connectivity index (χ0v) is 5.17. The fourth-order valence-electron chi connectivity index (χ4n) is 0.660. The quantitative estimate of drug-likeness (QED) is 0.495. The Bertz CT molecular complexity index is 167. The molecule has 0 aliphatic heterocycles. The molecule has 48 valence electrons. The van der Waals surface area contributed by atoms with Crippen LogP contribution in [0.1, 0.15) is 6.42 Å². The number of rotatable bonds is 0. The van der Waals surface area contributed by atoms with Crippen LogP contribution in [0.4, 0.5) is 0 Å². The van der Waals surface area contributed by atoms with Crippen LogP contribution >= 0.6 is 0 Å². The smallest absolute Gasteiger partial charge is 0.0277 e. The molecule has 2 nitrogen and oxygen atoms in total. The molecule has 1 aliphatic carbocycles. The second-order valence-corrected chi connectivity index (χ2v) is 1.98. The first-order chi connectivity index (χ1) is 4.29. The van der Waals surface area contributed by atoms with E-state index in [2.05, 4.69) is 0 Å². The summed E-state index contributed by atoms with van der Waals surface area (Å²) >= 11 is 0. The summed E-state index contributed by atoms with van der Waals surface area (Å²) in [4.78, 5) is 0. The van der Waals surface area contributed by atoms with E-state index in [-0.39, 0.29) is 0 Å². The van der Waals surface area contributed by atoms with Crippen LogP contribution in [0.5, 0.6) is 0 Å². The second-order valence-electron chi connectivity index (χ2n) is 1.98. The first-order valence-corrected chi connectivity index (χ1v) is 2.88. The first-order valence-electron chi connectivity index (χ1n) is 2.88. The van der Waals surface area contributed by atoms with Crippen molar-refractivity contribution in [2.45, 2.75) is 6.42 Å². The van der Waals surface area contributed by atoms with Gasteiger partial charge in [-0.2, -0.15) is 0 Å². The highest BCUT2D eigenvalue weighted by molar-refractivity contribution is 5.28. The van der Waals surface area contributed by atoms with Gasteiger partial charge in [0.25, 0.3) is 0 Å². The van der Waals surface area contributed by atoms with Crippen LogP contribution in [-0.2, 0) is 0 Å². The third-order valence-corrected chi connectivity index (χ3v) is 1.18. The monoisotopic (exact) mass is 122 g/mol. The predicted molar refractivity (Wildman–Crippen MR) is 38.3 cm³/mol. The van der Waals surface area contributed by atoms with Crippen molar-refractivity contribution < 1.29 is 0 Å². The lowest BCUT2D eigenvalue weighted by atomic mass is 10.3. The van der Waals surface area contributed by atoms with Gasteiger partial charge in [0.05, 0.1) is 0 Å². The Kier molecular flexibility index (Phi) is 1.58. The molecule has 0 heterocycles. The maximum absolute atomic E-state index is 5.48. The maximum atomic E-state index is 5.48. The number of hydrogen-bond donors (Lipinski definition) is 2. The summed E-state index contributed by atoms with van der Waals surface area (Å²) < 4.78 is 0. The van der Waals surface area contributed by atoms with Crippen molar-refractivity contribution in [2.75, 3.05) is 0 Å². The molecule has 0 unspecified atom stereocenters. The minimum Gasteiger partial charge on any atom is -0.399 e. The molecular formula is C7H10N2. The summed E-state index contributed by atoms with van der Waals surface area (Å²) in [6, 6.07) is 0. The van der Waals surface area contributed by atoms with Crippen molar-refractivity contribution in [2.24, 2.45) is 11.5 Å². The summed E-state index contributed by atoms with van der Waals surface area (Å²) in [6.07, 6.45) is 8.30. The van der Waals surface area contributed by atoms with E-state index >= 15 is 0 Å². The lowest BCUT2D eigenvalue weighted by Crippen LogP contribution is -1.92. The normalized spacial score (nSPS) is 18.2. The molecule has 0 radical (unpaired) electrons. The Morgan fingerprint density at radius 3 is 1.89 bits per heavy atom. The zero-order valence-electron chi connectivity index (χ0n) is 5.17. The summed E-state index contributed by atoms with van der Waals surface area (Å²) in [5.74, 6) is 0. The third kappa shape index (κ3) is 1.64. The number of allylic oxidation sites excluding steroid dienone is 4. The molecule has 0 aromatic heterocycles. The molecule has 4 N–H and O–H groups in total. The Morgan fingerprint density at radius 1 is 1.00 bits per heavy atom. The van der Waals surface area contributed by atoms with Crippen molar-refractivity contribution in [1.29, 1.82) is 0 Å². The molecule has 2 heteroatoms. The van der Waals surface area contributed by atoms with Crippen molar-refractivity contribution in [3.8, 4) is 0 Å². The Labute approximate surface area is 54.5 Å². The average Bonchev–Trinajstić information content (AvgIpc) is 1.97. The van der Waals surface area contributed by atoms with Gasteiger partial charge in [-0.25, -0.2) is 0 Å². The van der Waals surface area contributed by atoms with Gasteiger partial charge in [0, 0.05) is 11.4 Å². The molecule has 9 heavy (non-hydrogen) atoms. The van der Waals surface area contributed by atoms with Gasteiger partial charge in [-0.3, -0.25) is 0 Å². The Balaban J connectivity index is 2.75. The highest BCUT2D eigenvalue weighted by Crippen LogP contribution is 2.01. The van der Waals surface area contributed by atoms with Crippen molar-refractivity contribution in [3.63, 3.8) is 0 Å². The largest absolute Gasteiger partial charge is 0.399 e. The van der Waals surface area contributed by atoms with Crippen LogP contribution in [-0.4, -0.2) is 0 Å². The summed E-state index contributed by atoms with van der Waals surface area (Å²) in [5, 5.41) is 0. The van der Waals surface area contributed by atoms with Crippen molar-refractivity contribution >= 4 is 0 Å². The average molecular weight is 122 g/mol. The van der Waals surface area contributed by atoms with Crippen LogP contribution < -0.4 is 11.5 Å². The fourth-order valence-corrected chi connectivity index (χ4v) is 0.660. The van der Waals surface area contributed by atoms with E-state index in [0.717, 1.165) is 17.8 Å². The van der Waals surface area contributed by atoms with Gasteiger partial charge in [0.1, 0.15) is 0 Å². The topological polar surface area (TPSA) is 52.0 Å². The standard InChI is InChI=1S/C7H10N2/c8-6-2-1-3-7(9)5-4-6/h2-5H,1,8-9H2. The lowest BCUT2D eigenvalue weighted by Gasteiger charge is -1.85. The van der Waals surface area contributed by atoms with Crippen molar-refractivity contribution in [1.82, 2.24) is 0 Å². The summed E-state index contributed by atoms with van der Waals surface area (Å²) in [5.41, 5.74) is 12.5. The van der Waals surface area contributed by atoms with Crippen molar-refractivity contribution in [3.05, 3.63) is 35.7 Å². The maximum Gasteiger partial charge on any atom is 0.0277 e. The predicted octanol–water partition coefficient (Wildman–Crippen LogP) is 0.632. The molecule has 0 fully saturated rings. The van der Waals surface area contributed by atoms with E-state index < -0.39 is 0 Å². The molecule has 0 spiro atoms. The van der Waals surface area contributed by atoms with Crippen LogP contribution in [0, 0.1) is 0 Å². The highest BCUT2D eigenvalue weighted by Gasteiger charge is 1.88. The summed E-state index contributed by atoms with van der Waals surface area (Å²) in [6.45, 7) is 0. The van der Waals surface area contributed by atoms with E-state index in [0.29, 0.717) is 0 Å². The van der Waals surface area contributed by atoms with Crippen LogP contribution in [0.25, 0.3) is 0 Å². The van der Waals surface area contributed by atoms with Gasteiger partial charge in [-0.1, -0.05) is 12.2 Å². The fraction of sp³-hybridized carbons (Fsp3) is 0.143. The van der Waals surface area contributed by atoms with Gasteiger partial charge in [0.2, 0.25) is 0 Å². The molecule has 0 bridgehead atoms. The molecule has 0 amide bonds.